The van der Waals surface area contributed by atoms with E-state index in [2.05, 4.69) is 5.92 Å². The molecule has 17 heavy (non-hydrogen) atoms. The van der Waals surface area contributed by atoms with Crippen LogP contribution in [0.2, 0.25) is 5.02 Å². The van der Waals surface area contributed by atoms with Crippen molar-refractivity contribution >= 4 is 17.4 Å². The summed E-state index contributed by atoms with van der Waals surface area (Å²) in [4.78, 5) is 11.3. The van der Waals surface area contributed by atoms with E-state index >= 15 is 0 Å². The Balaban J connectivity index is 2.97. The van der Waals surface area contributed by atoms with Crippen molar-refractivity contribution in [3.05, 3.63) is 28.5 Å². The number of Topliss-reactive ketones (excluding diaryl/α,β-unsaturated/α-hetero) is 1. The third-order valence-corrected chi connectivity index (χ3v) is 2.49. The Kier molecular flexibility index (Phi) is 4.99. The molecule has 0 amide bonds. The number of halogens is 2. The van der Waals surface area contributed by atoms with Crippen molar-refractivity contribution in [2.24, 2.45) is 0 Å². The van der Waals surface area contributed by atoms with Crippen LogP contribution >= 0.6 is 11.6 Å². The van der Waals surface area contributed by atoms with Gasteiger partial charge in [-0.2, -0.15) is 0 Å². The highest BCUT2D eigenvalue weighted by Gasteiger charge is 2.12. The van der Waals surface area contributed by atoms with Gasteiger partial charge in [-0.25, -0.2) is 4.39 Å². The molecule has 0 saturated carbocycles. The first-order valence-electron chi connectivity index (χ1n) is 5.14. The maximum Gasteiger partial charge on any atom is 0.148 e. The summed E-state index contributed by atoms with van der Waals surface area (Å²) in [5, 5.41) is 0.144. The number of ketones is 1. The molecule has 0 saturated heterocycles. The van der Waals surface area contributed by atoms with Crippen LogP contribution in [-0.2, 0) is 11.2 Å². The van der Waals surface area contributed by atoms with E-state index in [4.69, 9.17) is 22.8 Å². The van der Waals surface area contributed by atoms with Gasteiger partial charge in [0.25, 0.3) is 0 Å². The van der Waals surface area contributed by atoms with Crippen LogP contribution in [0.25, 0.3) is 0 Å². The van der Waals surface area contributed by atoms with Crippen molar-refractivity contribution in [3.63, 3.8) is 0 Å². The van der Waals surface area contributed by atoms with E-state index in [1.807, 2.05) is 0 Å². The predicted molar refractivity (Wildman–Crippen MR) is 64.7 cm³/mol. The third-order valence-electron chi connectivity index (χ3n) is 2.19. The van der Waals surface area contributed by atoms with E-state index < -0.39 is 5.82 Å². The molecule has 0 aliphatic heterocycles. The molecule has 0 unspecified atom stereocenters. The van der Waals surface area contributed by atoms with Crippen molar-refractivity contribution in [2.45, 2.75) is 19.8 Å². The van der Waals surface area contributed by atoms with Crippen molar-refractivity contribution < 1.29 is 13.9 Å². The number of benzene rings is 1. The number of carbonyl (C=O) groups is 1. The second-order valence-electron chi connectivity index (χ2n) is 3.44. The highest BCUT2D eigenvalue weighted by Crippen LogP contribution is 2.28. The molecule has 0 radical (unpaired) electrons. The van der Waals surface area contributed by atoms with E-state index in [9.17, 15) is 9.18 Å². The molecule has 1 aromatic rings. The Morgan fingerprint density at radius 1 is 1.59 bits per heavy atom. The minimum atomic E-state index is -0.509. The van der Waals surface area contributed by atoms with Crippen LogP contribution < -0.4 is 4.74 Å². The smallest absolute Gasteiger partial charge is 0.148 e. The molecule has 0 aromatic heterocycles. The average Bonchev–Trinajstić information content (AvgIpc) is 2.30. The summed E-state index contributed by atoms with van der Waals surface area (Å²) in [6.45, 7) is 1.78. The number of ether oxygens (including phenoxy) is 1. The second-order valence-corrected chi connectivity index (χ2v) is 3.84. The van der Waals surface area contributed by atoms with Gasteiger partial charge in [-0.05, 0) is 17.7 Å². The fraction of sp³-hybridized carbons (Fsp3) is 0.308. The number of terminal acetylenes is 1. The molecule has 0 aliphatic carbocycles. The van der Waals surface area contributed by atoms with Crippen LogP contribution in [0.15, 0.2) is 12.1 Å². The largest absolute Gasteiger partial charge is 0.479 e. The quantitative estimate of drug-likeness (QED) is 0.755. The number of hydrogen-bond acceptors (Lipinski definition) is 2. The average molecular weight is 255 g/mol. The van der Waals surface area contributed by atoms with E-state index in [-0.39, 0.29) is 29.4 Å². The third kappa shape index (κ3) is 3.76. The van der Waals surface area contributed by atoms with Crippen LogP contribution in [0.5, 0.6) is 5.75 Å². The van der Waals surface area contributed by atoms with Gasteiger partial charge in [0.05, 0.1) is 5.02 Å². The lowest BCUT2D eigenvalue weighted by atomic mass is 10.1. The molecule has 0 aliphatic rings. The zero-order chi connectivity index (χ0) is 12.8. The highest BCUT2D eigenvalue weighted by molar-refractivity contribution is 6.32. The molecular weight excluding hydrogens is 243 g/mol. The molecule has 2 nitrogen and oxygen atoms in total. The zero-order valence-corrected chi connectivity index (χ0v) is 10.2. The molecule has 1 rings (SSSR count). The summed E-state index contributed by atoms with van der Waals surface area (Å²) in [6.07, 6.45) is 5.45. The minimum Gasteiger partial charge on any atom is -0.479 e. The Bertz CT molecular complexity index is 463. The second kappa shape index (κ2) is 6.27. The molecule has 0 fully saturated rings. The number of hydrogen-bond donors (Lipinski definition) is 0. The molecule has 0 spiro atoms. The Morgan fingerprint density at radius 3 is 2.88 bits per heavy atom. The van der Waals surface area contributed by atoms with Gasteiger partial charge in [0.2, 0.25) is 0 Å². The van der Waals surface area contributed by atoms with E-state index in [1.54, 1.807) is 6.92 Å². The molecular formula is C13H12ClFO2. The summed E-state index contributed by atoms with van der Waals surface area (Å²) >= 11 is 5.79. The summed E-state index contributed by atoms with van der Waals surface area (Å²) in [5.74, 6) is 2.03. The van der Waals surface area contributed by atoms with Crippen LogP contribution in [0.1, 0.15) is 18.9 Å². The molecule has 0 N–H and O–H groups in total. The maximum atomic E-state index is 13.5. The number of carbonyl (C=O) groups excluding carboxylic acids is 1. The fourth-order valence-corrected chi connectivity index (χ4v) is 1.48. The van der Waals surface area contributed by atoms with Crippen molar-refractivity contribution in [3.8, 4) is 18.1 Å². The van der Waals surface area contributed by atoms with Crippen LogP contribution in [-0.4, -0.2) is 12.4 Å². The molecule has 1 aromatic carbocycles. The monoisotopic (exact) mass is 254 g/mol. The fourth-order valence-electron chi connectivity index (χ4n) is 1.27. The first kappa shape index (κ1) is 13.5. The van der Waals surface area contributed by atoms with Crippen LogP contribution in [0.3, 0.4) is 0 Å². The van der Waals surface area contributed by atoms with Crippen molar-refractivity contribution in [1.82, 2.24) is 0 Å². The SMILES string of the molecule is C#CCOc1cc(CC(=O)CC)c(F)cc1Cl. The lowest BCUT2D eigenvalue weighted by Crippen LogP contribution is -2.04. The van der Waals surface area contributed by atoms with Gasteiger partial charge in [-0.1, -0.05) is 24.4 Å². The minimum absolute atomic E-state index is 0.0336. The zero-order valence-electron chi connectivity index (χ0n) is 9.43. The van der Waals surface area contributed by atoms with Crippen LogP contribution in [0.4, 0.5) is 4.39 Å². The summed E-state index contributed by atoms with van der Waals surface area (Å²) in [6, 6.07) is 2.55. The molecule has 0 bridgehead atoms. The van der Waals surface area contributed by atoms with Gasteiger partial charge in [0.15, 0.2) is 0 Å². The first-order chi connectivity index (χ1) is 8.08. The highest BCUT2D eigenvalue weighted by atomic mass is 35.5. The predicted octanol–water partition coefficient (Wildman–Crippen LogP) is 3.01. The topological polar surface area (TPSA) is 26.3 Å². The van der Waals surface area contributed by atoms with Gasteiger partial charge in [-0.15, -0.1) is 6.42 Å². The summed E-state index contributed by atoms with van der Waals surface area (Å²) in [5.41, 5.74) is 0.272. The molecule has 0 atom stereocenters. The van der Waals surface area contributed by atoms with Crippen molar-refractivity contribution in [1.29, 1.82) is 0 Å². The van der Waals surface area contributed by atoms with E-state index in [0.29, 0.717) is 12.2 Å². The molecule has 0 heterocycles. The summed E-state index contributed by atoms with van der Waals surface area (Å²) < 4.78 is 18.7. The van der Waals surface area contributed by atoms with Gasteiger partial charge in [0, 0.05) is 12.8 Å². The molecule has 4 heteroatoms. The number of rotatable bonds is 5. The standard InChI is InChI=1S/C13H12ClFO2/c1-3-5-17-13-7-9(6-10(16)4-2)12(15)8-11(13)14/h1,7-8H,4-6H2,2H3. The van der Waals surface area contributed by atoms with Crippen molar-refractivity contribution in [2.75, 3.05) is 6.61 Å². The lowest BCUT2D eigenvalue weighted by molar-refractivity contribution is -0.118. The van der Waals surface area contributed by atoms with Gasteiger partial charge >= 0.3 is 0 Å². The Labute approximate surface area is 105 Å². The van der Waals surface area contributed by atoms with Gasteiger partial charge < -0.3 is 4.74 Å². The van der Waals surface area contributed by atoms with Gasteiger partial charge in [-0.3, -0.25) is 4.79 Å². The molecule has 90 valence electrons. The summed E-state index contributed by atoms with van der Waals surface area (Å²) in [7, 11) is 0. The van der Waals surface area contributed by atoms with Gasteiger partial charge in [0.1, 0.15) is 24.0 Å². The van der Waals surface area contributed by atoms with E-state index in [0.717, 1.165) is 6.07 Å². The first-order valence-corrected chi connectivity index (χ1v) is 5.52. The maximum absolute atomic E-state index is 13.5. The lowest BCUT2D eigenvalue weighted by Gasteiger charge is -2.08. The van der Waals surface area contributed by atoms with Crippen LogP contribution in [0, 0.1) is 18.2 Å². The van der Waals surface area contributed by atoms with E-state index in [1.165, 1.54) is 6.07 Å². The Hall–Kier alpha value is -1.53. The normalized spacial score (nSPS) is 9.76. The Morgan fingerprint density at radius 2 is 2.29 bits per heavy atom.